The molecule has 0 radical (unpaired) electrons. The van der Waals surface area contributed by atoms with Crippen molar-refractivity contribution in [3.05, 3.63) is 59.4 Å². The second kappa shape index (κ2) is 10.6. The number of nitrogens with one attached hydrogen (secondary N) is 1. The summed E-state index contributed by atoms with van der Waals surface area (Å²) >= 11 is 6.31. The number of halogens is 2. The Morgan fingerprint density at radius 3 is 2.58 bits per heavy atom. The van der Waals surface area contributed by atoms with E-state index in [0.717, 1.165) is 55.8 Å². The van der Waals surface area contributed by atoms with Crippen LogP contribution in [0.25, 0.3) is 0 Å². The van der Waals surface area contributed by atoms with E-state index in [4.69, 9.17) is 11.6 Å². The van der Waals surface area contributed by atoms with Gasteiger partial charge in [-0.2, -0.15) is 0 Å². The van der Waals surface area contributed by atoms with Crippen molar-refractivity contribution in [3.8, 4) is 0 Å². The van der Waals surface area contributed by atoms with Gasteiger partial charge in [-0.25, -0.2) is 0 Å². The zero-order valence-electron chi connectivity index (χ0n) is 14.9. The molecule has 26 heavy (non-hydrogen) atoms. The quantitative estimate of drug-likeness (QED) is 0.410. The molecule has 1 aromatic carbocycles. The second-order valence-electron chi connectivity index (χ2n) is 6.01. The number of aromatic nitrogens is 1. The SMILES string of the molecule is CN=C(NCCc1cccnc1)N1CCN(c2ccccc2Cl)CC1.I. The van der Waals surface area contributed by atoms with Crippen LogP contribution in [0.4, 0.5) is 5.69 Å². The van der Waals surface area contributed by atoms with Gasteiger partial charge in [-0.1, -0.05) is 29.8 Å². The summed E-state index contributed by atoms with van der Waals surface area (Å²) in [6, 6.07) is 12.1. The van der Waals surface area contributed by atoms with Crippen molar-refractivity contribution in [1.29, 1.82) is 0 Å². The third kappa shape index (κ3) is 5.48. The van der Waals surface area contributed by atoms with Crippen molar-refractivity contribution in [2.24, 2.45) is 4.99 Å². The fraction of sp³-hybridized carbons (Fsp3) is 0.368. The van der Waals surface area contributed by atoms with Gasteiger partial charge in [0, 0.05) is 52.2 Å². The third-order valence-electron chi connectivity index (χ3n) is 4.40. The van der Waals surface area contributed by atoms with Gasteiger partial charge < -0.3 is 15.1 Å². The van der Waals surface area contributed by atoms with E-state index >= 15 is 0 Å². The number of pyridine rings is 1. The highest BCUT2D eigenvalue weighted by molar-refractivity contribution is 14.0. The van der Waals surface area contributed by atoms with Gasteiger partial charge in [-0.05, 0) is 30.2 Å². The first-order chi connectivity index (χ1) is 12.3. The number of nitrogens with zero attached hydrogens (tertiary/aromatic N) is 4. The molecule has 0 spiro atoms. The maximum atomic E-state index is 6.31. The van der Waals surface area contributed by atoms with Crippen molar-refractivity contribution in [2.75, 3.05) is 44.7 Å². The van der Waals surface area contributed by atoms with Crippen molar-refractivity contribution in [1.82, 2.24) is 15.2 Å². The van der Waals surface area contributed by atoms with Gasteiger partial charge in [-0.15, -0.1) is 24.0 Å². The van der Waals surface area contributed by atoms with Gasteiger partial charge in [-0.3, -0.25) is 9.98 Å². The zero-order chi connectivity index (χ0) is 17.5. The number of benzene rings is 1. The first kappa shape index (κ1) is 20.8. The van der Waals surface area contributed by atoms with Crippen LogP contribution >= 0.6 is 35.6 Å². The van der Waals surface area contributed by atoms with Crippen LogP contribution in [0, 0.1) is 0 Å². The molecule has 2 heterocycles. The molecule has 0 atom stereocenters. The Labute approximate surface area is 177 Å². The van der Waals surface area contributed by atoms with Crippen LogP contribution in [0.15, 0.2) is 53.8 Å². The van der Waals surface area contributed by atoms with Crippen molar-refractivity contribution < 1.29 is 0 Å². The molecule has 1 aliphatic heterocycles. The highest BCUT2D eigenvalue weighted by Crippen LogP contribution is 2.25. The Kier molecular flexibility index (Phi) is 8.44. The Bertz CT molecular complexity index is 702. The van der Waals surface area contributed by atoms with Gasteiger partial charge in [0.15, 0.2) is 5.96 Å². The lowest BCUT2D eigenvalue weighted by molar-refractivity contribution is 0.373. The maximum Gasteiger partial charge on any atom is 0.193 e. The maximum absolute atomic E-state index is 6.31. The lowest BCUT2D eigenvalue weighted by Gasteiger charge is -2.38. The number of para-hydroxylation sites is 1. The third-order valence-corrected chi connectivity index (χ3v) is 4.72. The summed E-state index contributed by atoms with van der Waals surface area (Å²) in [7, 11) is 1.84. The highest BCUT2D eigenvalue weighted by Gasteiger charge is 2.20. The summed E-state index contributed by atoms with van der Waals surface area (Å²) in [6.07, 6.45) is 4.65. The number of piperazine rings is 1. The number of hydrogen-bond donors (Lipinski definition) is 1. The monoisotopic (exact) mass is 485 g/mol. The Morgan fingerprint density at radius 1 is 1.15 bits per heavy atom. The first-order valence-electron chi connectivity index (χ1n) is 8.62. The highest BCUT2D eigenvalue weighted by atomic mass is 127. The zero-order valence-corrected chi connectivity index (χ0v) is 18.0. The van der Waals surface area contributed by atoms with E-state index in [0.29, 0.717) is 0 Å². The molecule has 0 bridgehead atoms. The van der Waals surface area contributed by atoms with Crippen LogP contribution in [0.1, 0.15) is 5.56 Å². The van der Waals surface area contributed by atoms with Gasteiger partial charge in [0.1, 0.15) is 0 Å². The Balaban J connectivity index is 0.00000243. The van der Waals surface area contributed by atoms with E-state index < -0.39 is 0 Å². The molecule has 0 unspecified atom stereocenters. The molecule has 2 aromatic rings. The molecular formula is C19H25ClIN5. The van der Waals surface area contributed by atoms with E-state index in [1.807, 2.05) is 37.5 Å². The largest absolute Gasteiger partial charge is 0.367 e. The second-order valence-corrected chi connectivity index (χ2v) is 6.42. The molecule has 0 aliphatic carbocycles. The summed E-state index contributed by atoms with van der Waals surface area (Å²) in [5, 5.41) is 4.27. The minimum Gasteiger partial charge on any atom is -0.367 e. The van der Waals surface area contributed by atoms with E-state index in [2.05, 4.69) is 37.2 Å². The van der Waals surface area contributed by atoms with Crippen molar-refractivity contribution in [2.45, 2.75) is 6.42 Å². The molecule has 1 saturated heterocycles. The first-order valence-corrected chi connectivity index (χ1v) is 8.99. The molecular weight excluding hydrogens is 461 g/mol. The summed E-state index contributed by atoms with van der Waals surface area (Å²) in [5.74, 6) is 0.961. The summed E-state index contributed by atoms with van der Waals surface area (Å²) < 4.78 is 0. The minimum atomic E-state index is 0. The van der Waals surface area contributed by atoms with Crippen LogP contribution in [0.3, 0.4) is 0 Å². The van der Waals surface area contributed by atoms with E-state index in [1.54, 1.807) is 6.20 Å². The number of guanidine groups is 1. The smallest absolute Gasteiger partial charge is 0.193 e. The number of rotatable bonds is 4. The molecule has 1 fully saturated rings. The summed E-state index contributed by atoms with van der Waals surface area (Å²) in [5.41, 5.74) is 2.34. The van der Waals surface area contributed by atoms with E-state index in [9.17, 15) is 0 Å². The number of aliphatic imine (C=N–C) groups is 1. The number of hydrogen-bond acceptors (Lipinski definition) is 3. The van der Waals surface area contributed by atoms with Gasteiger partial charge in [0.2, 0.25) is 0 Å². The van der Waals surface area contributed by atoms with Crippen LogP contribution in [-0.4, -0.2) is 55.6 Å². The summed E-state index contributed by atoms with van der Waals surface area (Å²) in [4.78, 5) is 13.2. The lowest BCUT2D eigenvalue weighted by atomic mass is 10.2. The average molecular weight is 486 g/mol. The topological polar surface area (TPSA) is 43.8 Å². The van der Waals surface area contributed by atoms with Gasteiger partial charge in [0.25, 0.3) is 0 Å². The fourth-order valence-corrected chi connectivity index (χ4v) is 3.32. The molecule has 140 valence electrons. The van der Waals surface area contributed by atoms with E-state index in [-0.39, 0.29) is 24.0 Å². The average Bonchev–Trinajstić information content (AvgIpc) is 2.67. The normalized spacial score (nSPS) is 14.8. The van der Waals surface area contributed by atoms with Gasteiger partial charge in [0.05, 0.1) is 10.7 Å². The van der Waals surface area contributed by atoms with Gasteiger partial charge >= 0.3 is 0 Å². The molecule has 0 saturated carbocycles. The van der Waals surface area contributed by atoms with Crippen molar-refractivity contribution >= 4 is 47.2 Å². The van der Waals surface area contributed by atoms with Crippen LogP contribution < -0.4 is 10.2 Å². The molecule has 5 nitrogen and oxygen atoms in total. The number of anilines is 1. The van der Waals surface area contributed by atoms with Crippen LogP contribution in [0.5, 0.6) is 0 Å². The molecule has 1 aromatic heterocycles. The Hall–Kier alpha value is -1.54. The molecule has 3 rings (SSSR count). The molecule has 7 heteroatoms. The lowest BCUT2D eigenvalue weighted by Crippen LogP contribution is -2.52. The van der Waals surface area contributed by atoms with Crippen LogP contribution in [0.2, 0.25) is 5.02 Å². The van der Waals surface area contributed by atoms with Crippen molar-refractivity contribution in [3.63, 3.8) is 0 Å². The molecule has 1 N–H and O–H groups in total. The van der Waals surface area contributed by atoms with Crippen LogP contribution in [-0.2, 0) is 6.42 Å². The molecule has 0 amide bonds. The minimum absolute atomic E-state index is 0. The fourth-order valence-electron chi connectivity index (χ4n) is 3.06. The predicted octanol–water partition coefficient (Wildman–Crippen LogP) is 3.29. The Morgan fingerprint density at radius 2 is 1.92 bits per heavy atom. The predicted molar refractivity (Wildman–Crippen MR) is 120 cm³/mol. The van der Waals surface area contributed by atoms with E-state index in [1.165, 1.54) is 5.56 Å². The molecule has 1 aliphatic rings. The summed E-state index contributed by atoms with van der Waals surface area (Å²) in [6.45, 7) is 4.58. The standard InChI is InChI=1S/C19H24ClN5.HI/c1-21-19(23-10-8-16-5-4-9-22-15-16)25-13-11-24(12-14-25)18-7-3-2-6-17(18)20;/h2-7,9,15H,8,10-14H2,1H3,(H,21,23);1H.